The van der Waals surface area contributed by atoms with E-state index >= 15 is 0 Å². The minimum atomic E-state index is -0.456. The smallest absolute Gasteiger partial charge is 0.408 e. The molecule has 0 unspecified atom stereocenters. The number of nitrogens with one attached hydrogen (secondary N) is 2. The highest BCUT2D eigenvalue weighted by molar-refractivity contribution is 5.98. The van der Waals surface area contributed by atoms with Crippen LogP contribution >= 0.6 is 0 Å². The van der Waals surface area contributed by atoms with Gasteiger partial charge in [-0.2, -0.15) is 5.10 Å². The Morgan fingerprint density at radius 1 is 1.05 bits per heavy atom. The van der Waals surface area contributed by atoms with Crippen molar-refractivity contribution >= 4 is 34.5 Å². The first-order chi connectivity index (χ1) is 18.7. The zero-order valence-electron chi connectivity index (χ0n) is 22.1. The zero-order chi connectivity index (χ0) is 27.7. The lowest BCUT2D eigenvalue weighted by Gasteiger charge is -2.29. The summed E-state index contributed by atoms with van der Waals surface area (Å²) in [5, 5.41) is 9.99. The van der Waals surface area contributed by atoms with Crippen LogP contribution in [0.2, 0.25) is 0 Å². The summed E-state index contributed by atoms with van der Waals surface area (Å²) in [6.45, 7) is 0.675. The number of rotatable bonds is 7. The van der Waals surface area contributed by atoms with Crippen LogP contribution in [0.25, 0.3) is 16.7 Å². The number of benzene rings is 1. The molecule has 1 aliphatic carbocycles. The molecule has 1 aromatic carbocycles. The van der Waals surface area contributed by atoms with E-state index in [-0.39, 0.29) is 41.6 Å². The number of aromatic nitrogens is 4. The molecule has 4 aromatic rings. The van der Waals surface area contributed by atoms with Crippen molar-refractivity contribution in [3.05, 3.63) is 64.0 Å². The Hall–Kier alpha value is -4.48. The van der Waals surface area contributed by atoms with Crippen LogP contribution in [0.15, 0.2) is 45.7 Å². The molecule has 0 spiro atoms. The Morgan fingerprint density at radius 3 is 2.56 bits per heavy atom. The van der Waals surface area contributed by atoms with Crippen LogP contribution < -0.4 is 16.4 Å². The molecule has 0 aliphatic heterocycles. The lowest BCUT2D eigenvalue weighted by atomic mass is 9.81. The van der Waals surface area contributed by atoms with Crippen LogP contribution in [0, 0.1) is 11.8 Å². The number of aryl methyl sites for hydroxylation is 1. The number of hydrogen-bond acceptors (Lipinski definition) is 7. The normalized spacial score (nSPS) is 17.3. The molecule has 0 saturated heterocycles. The van der Waals surface area contributed by atoms with E-state index in [2.05, 4.69) is 20.7 Å². The minimum absolute atomic E-state index is 0.0467. The number of carbonyl (C=O) groups excluding carboxylic acids is 3. The first kappa shape index (κ1) is 26.1. The molecule has 0 radical (unpaired) electrons. The molecule has 0 atom stereocenters. The van der Waals surface area contributed by atoms with Crippen LogP contribution in [0.3, 0.4) is 0 Å². The second-order valence-corrected chi connectivity index (χ2v) is 10.2. The molecule has 1 aliphatic rings. The number of hydrogen-bond donors (Lipinski definition) is 2. The van der Waals surface area contributed by atoms with Crippen molar-refractivity contribution < 1.29 is 18.8 Å². The van der Waals surface area contributed by atoms with E-state index < -0.39 is 11.7 Å². The standard InChI is InChI=1S/C27H31N7O5/c1-32(2)26(37)18-7-4-16(5-8-18)14-29-25(36)21-13-19(31-23-10-11-30-34(21)23)24(35)28-15-17-6-9-22-20(12-17)33(3)27(38)39-22/h6,9-13,16,18H,4-5,7-8,14-15H2,1-3H3,(H,28,35)(H,29,36). The maximum absolute atomic E-state index is 13.1. The van der Waals surface area contributed by atoms with Crippen LogP contribution in [-0.4, -0.2) is 62.4 Å². The van der Waals surface area contributed by atoms with Gasteiger partial charge in [0.05, 0.1) is 11.7 Å². The third kappa shape index (κ3) is 5.40. The molecule has 12 nitrogen and oxygen atoms in total. The van der Waals surface area contributed by atoms with E-state index in [4.69, 9.17) is 4.42 Å². The molecule has 5 rings (SSSR count). The van der Waals surface area contributed by atoms with Crippen molar-refractivity contribution in [3.8, 4) is 0 Å². The SMILES string of the molecule is CN(C)C(=O)C1CCC(CNC(=O)c2cc(C(=O)NCc3ccc4oc(=O)n(C)c4c3)nc3ccnn23)CC1. The van der Waals surface area contributed by atoms with Crippen molar-refractivity contribution in [1.29, 1.82) is 0 Å². The van der Waals surface area contributed by atoms with Crippen molar-refractivity contribution in [2.45, 2.75) is 32.2 Å². The number of carbonyl (C=O) groups is 3. The average Bonchev–Trinajstić information content (AvgIpc) is 3.53. The largest absolute Gasteiger partial charge is 0.419 e. The molecule has 3 amide bonds. The van der Waals surface area contributed by atoms with Gasteiger partial charge in [0.1, 0.15) is 11.4 Å². The zero-order valence-corrected chi connectivity index (χ0v) is 22.1. The summed E-state index contributed by atoms with van der Waals surface area (Å²) in [4.78, 5) is 56.1. The van der Waals surface area contributed by atoms with Crippen molar-refractivity contribution in [3.63, 3.8) is 0 Å². The van der Waals surface area contributed by atoms with E-state index in [1.165, 1.54) is 21.3 Å². The Labute approximate surface area is 224 Å². The van der Waals surface area contributed by atoms with Gasteiger partial charge in [0, 0.05) is 52.3 Å². The van der Waals surface area contributed by atoms with Gasteiger partial charge >= 0.3 is 5.76 Å². The summed E-state index contributed by atoms with van der Waals surface area (Å²) in [6.07, 6.45) is 4.87. The van der Waals surface area contributed by atoms with Gasteiger partial charge in [0.15, 0.2) is 11.2 Å². The predicted molar refractivity (Wildman–Crippen MR) is 142 cm³/mol. The fourth-order valence-corrected chi connectivity index (χ4v) is 5.05. The summed E-state index contributed by atoms with van der Waals surface area (Å²) in [5.41, 5.74) is 2.55. The monoisotopic (exact) mass is 533 g/mol. The highest BCUT2D eigenvalue weighted by Gasteiger charge is 2.28. The van der Waals surface area contributed by atoms with Gasteiger partial charge < -0.3 is 20.0 Å². The first-order valence-electron chi connectivity index (χ1n) is 12.9. The third-order valence-corrected chi connectivity index (χ3v) is 7.32. The second-order valence-electron chi connectivity index (χ2n) is 10.2. The maximum Gasteiger partial charge on any atom is 0.419 e. The fourth-order valence-electron chi connectivity index (χ4n) is 5.05. The molecule has 204 valence electrons. The quantitative estimate of drug-likeness (QED) is 0.368. The van der Waals surface area contributed by atoms with Gasteiger partial charge in [-0.15, -0.1) is 0 Å². The summed E-state index contributed by atoms with van der Waals surface area (Å²) < 4.78 is 7.95. The number of nitrogens with zero attached hydrogens (tertiary/aromatic N) is 5. The Bertz CT molecular complexity index is 1610. The van der Waals surface area contributed by atoms with Gasteiger partial charge in [-0.25, -0.2) is 14.3 Å². The lowest BCUT2D eigenvalue weighted by molar-refractivity contribution is -0.134. The first-order valence-corrected chi connectivity index (χ1v) is 12.9. The molecule has 3 aromatic heterocycles. The highest BCUT2D eigenvalue weighted by atomic mass is 16.4. The van der Waals surface area contributed by atoms with Gasteiger partial charge in [0.2, 0.25) is 5.91 Å². The van der Waals surface area contributed by atoms with Crippen LogP contribution in [-0.2, 0) is 18.4 Å². The highest BCUT2D eigenvalue weighted by Crippen LogP contribution is 2.29. The van der Waals surface area contributed by atoms with Crippen LogP contribution in [0.4, 0.5) is 0 Å². The lowest BCUT2D eigenvalue weighted by Crippen LogP contribution is -2.36. The molecule has 3 heterocycles. The van der Waals surface area contributed by atoms with Crippen molar-refractivity contribution in [2.24, 2.45) is 18.9 Å². The Morgan fingerprint density at radius 2 is 1.82 bits per heavy atom. The maximum atomic E-state index is 13.1. The predicted octanol–water partition coefficient (Wildman–Crippen LogP) is 1.73. The summed E-state index contributed by atoms with van der Waals surface area (Å²) in [5.74, 6) is -0.762. The fraction of sp³-hybridized carbons (Fsp3) is 0.407. The van der Waals surface area contributed by atoms with Crippen molar-refractivity contribution in [2.75, 3.05) is 20.6 Å². The summed E-state index contributed by atoms with van der Waals surface area (Å²) in [6, 6.07) is 8.28. The molecular formula is C27H31N7O5. The van der Waals surface area contributed by atoms with Gasteiger partial charge in [-0.3, -0.25) is 19.0 Å². The number of fused-ring (bicyclic) bond motifs is 2. The number of amides is 3. The van der Waals surface area contributed by atoms with Gasteiger partial charge in [-0.1, -0.05) is 6.07 Å². The van der Waals surface area contributed by atoms with Crippen LogP contribution in [0.5, 0.6) is 0 Å². The topological polar surface area (TPSA) is 144 Å². The van der Waals surface area contributed by atoms with E-state index in [9.17, 15) is 19.2 Å². The molecule has 0 bridgehead atoms. The van der Waals surface area contributed by atoms with E-state index in [1.54, 1.807) is 50.3 Å². The molecule has 1 fully saturated rings. The van der Waals surface area contributed by atoms with Crippen molar-refractivity contribution in [1.82, 2.24) is 34.7 Å². The summed E-state index contributed by atoms with van der Waals surface area (Å²) in [7, 11) is 5.17. The minimum Gasteiger partial charge on any atom is -0.408 e. The molecule has 39 heavy (non-hydrogen) atoms. The van der Waals surface area contributed by atoms with E-state index in [0.29, 0.717) is 23.3 Å². The van der Waals surface area contributed by atoms with Gasteiger partial charge in [-0.05, 0) is 49.3 Å². The molecule has 2 N–H and O–H groups in total. The van der Waals surface area contributed by atoms with Crippen LogP contribution in [0.1, 0.15) is 52.2 Å². The third-order valence-electron chi connectivity index (χ3n) is 7.32. The number of oxazole rings is 1. The van der Waals surface area contributed by atoms with E-state index in [0.717, 1.165) is 31.2 Å². The Balaban J connectivity index is 1.24. The van der Waals surface area contributed by atoms with E-state index in [1.807, 2.05) is 0 Å². The molecule has 1 saturated carbocycles. The summed E-state index contributed by atoms with van der Waals surface area (Å²) >= 11 is 0. The molecular weight excluding hydrogens is 502 g/mol. The average molecular weight is 534 g/mol. The molecule has 12 heteroatoms. The second kappa shape index (κ2) is 10.7. The van der Waals surface area contributed by atoms with Gasteiger partial charge in [0.25, 0.3) is 11.8 Å². The Kier molecular flexibility index (Phi) is 7.18.